The van der Waals surface area contributed by atoms with Crippen LogP contribution in [0.1, 0.15) is 5.56 Å². The zero-order valence-corrected chi connectivity index (χ0v) is 13.7. The molecule has 1 aliphatic heterocycles. The van der Waals surface area contributed by atoms with Crippen molar-refractivity contribution in [1.82, 2.24) is 4.90 Å². The summed E-state index contributed by atoms with van der Waals surface area (Å²) in [7, 11) is 1.42. The molecule has 1 fully saturated rings. The Morgan fingerprint density at radius 1 is 1.17 bits per heavy atom. The average molecular weight is 371 g/mol. The van der Waals surface area contributed by atoms with Gasteiger partial charge in [-0.15, -0.1) is 0 Å². The van der Waals surface area contributed by atoms with Gasteiger partial charge in [0.1, 0.15) is 0 Å². The second-order valence-electron chi connectivity index (χ2n) is 5.16. The third-order valence-electron chi connectivity index (χ3n) is 3.61. The van der Waals surface area contributed by atoms with Gasteiger partial charge in [-0.05, 0) is 24.6 Å². The summed E-state index contributed by atoms with van der Waals surface area (Å²) < 4.78 is 60.0. The van der Waals surface area contributed by atoms with Crippen molar-refractivity contribution in [3.05, 3.63) is 23.8 Å². The van der Waals surface area contributed by atoms with Gasteiger partial charge in [-0.25, -0.2) is 8.42 Å². The van der Waals surface area contributed by atoms with E-state index < -0.39 is 21.1 Å². The van der Waals surface area contributed by atoms with Crippen molar-refractivity contribution in [2.75, 3.05) is 31.1 Å². The molecule has 1 aromatic carbocycles. The second kappa shape index (κ2) is 6.20. The van der Waals surface area contributed by atoms with Gasteiger partial charge in [-0.1, -0.05) is 6.07 Å². The van der Waals surface area contributed by atoms with Crippen LogP contribution < -0.4 is 4.90 Å². The third kappa shape index (κ3) is 4.08. The van der Waals surface area contributed by atoms with Crippen molar-refractivity contribution in [3.63, 3.8) is 0 Å². The number of halogens is 4. The van der Waals surface area contributed by atoms with Gasteiger partial charge in [0.25, 0.3) is 9.05 Å². The number of piperazine rings is 1. The monoisotopic (exact) mass is 370 g/mol. The summed E-state index contributed by atoms with van der Waals surface area (Å²) in [5, 5.41) is 0. The van der Waals surface area contributed by atoms with Gasteiger partial charge in [-0.2, -0.15) is 13.2 Å². The minimum absolute atomic E-state index is 0.0754. The molecule has 1 amide bonds. The first-order valence-electron chi connectivity index (χ1n) is 6.66. The molecule has 2 rings (SSSR count). The maximum Gasteiger partial charge on any atom is 0.471 e. The predicted molar refractivity (Wildman–Crippen MR) is 79.1 cm³/mol. The summed E-state index contributed by atoms with van der Waals surface area (Å²) in [5.74, 6) is -1.86. The smallest absolute Gasteiger partial charge is 0.368 e. The van der Waals surface area contributed by atoms with Crippen LogP contribution in [0, 0.1) is 6.92 Å². The number of alkyl halides is 3. The van der Waals surface area contributed by atoms with Gasteiger partial charge in [0.05, 0.1) is 4.90 Å². The van der Waals surface area contributed by atoms with Gasteiger partial charge in [0.2, 0.25) is 0 Å². The normalized spacial score (nSPS) is 16.6. The summed E-state index contributed by atoms with van der Waals surface area (Å²) in [6, 6.07) is 4.33. The molecule has 10 heteroatoms. The van der Waals surface area contributed by atoms with Crippen LogP contribution in [-0.2, 0) is 13.8 Å². The number of benzene rings is 1. The number of hydrogen-bond acceptors (Lipinski definition) is 4. The van der Waals surface area contributed by atoms with E-state index >= 15 is 0 Å². The summed E-state index contributed by atoms with van der Waals surface area (Å²) >= 11 is 0. The topological polar surface area (TPSA) is 57.7 Å². The summed E-state index contributed by atoms with van der Waals surface area (Å²) in [4.78, 5) is 13.6. The Labute approximate surface area is 136 Å². The van der Waals surface area contributed by atoms with Crippen molar-refractivity contribution < 1.29 is 26.4 Å². The minimum atomic E-state index is -4.88. The first kappa shape index (κ1) is 17.9. The number of hydrogen-bond donors (Lipinski definition) is 0. The van der Waals surface area contributed by atoms with Crippen LogP contribution in [0.25, 0.3) is 0 Å². The van der Waals surface area contributed by atoms with Gasteiger partial charge < -0.3 is 9.80 Å². The second-order valence-corrected chi connectivity index (χ2v) is 7.73. The van der Waals surface area contributed by atoms with E-state index in [1.165, 1.54) is 12.1 Å². The Balaban J connectivity index is 2.16. The highest BCUT2D eigenvalue weighted by atomic mass is 35.7. The maximum absolute atomic E-state index is 12.4. The van der Waals surface area contributed by atoms with E-state index in [0.717, 1.165) is 10.5 Å². The maximum atomic E-state index is 12.4. The van der Waals surface area contributed by atoms with Crippen LogP contribution in [0.4, 0.5) is 18.9 Å². The van der Waals surface area contributed by atoms with Gasteiger partial charge in [0.15, 0.2) is 0 Å². The van der Waals surface area contributed by atoms with Crippen LogP contribution in [-0.4, -0.2) is 51.6 Å². The SMILES string of the molecule is Cc1ccc(S(=O)(=O)Cl)cc1N1CCN(C(=O)C(F)(F)F)CC1. The molecule has 0 aliphatic carbocycles. The van der Waals surface area contributed by atoms with E-state index in [1.54, 1.807) is 17.9 Å². The molecule has 1 aliphatic rings. The lowest BCUT2D eigenvalue weighted by Crippen LogP contribution is -2.52. The molecule has 1 saturated heterocycles. The van der Waals surface area contributed by atoms with Crippen LogP contribution in [0.15, 0.2) is 23.1 Å². The van der Waals surface area contributed by atoms with Crippen LogP contribution in [0.2, 0.25) is 0 Å². The number of rotatable bonds is 2. The third-order valence-corrected chi connectivity index (χ3v) is 4.96. The van der Waals surface area contributed by atoms with Crippen molar-refractivity contribution >= 4 is 31.3 Å². The molecule has 23 heavy (non-hydrogen) atoms. The van der Waals surface area contributed by atoms with E-state index in [9.17, 15) is 26.4 Å². The predicted octanol–water partition coefficient (Wildman–Crippen LogP) is 2.13. The number of amides is 1. The lowest BCUT2D eigenvalue weighted by Gasteiger charge is -2.37. The molecular weight excluding hydrogens is 357 g/mol. The zero-order valence-electron chi connectivity index (χ0n) is 12.1. The molecule has 0 saturated carbocycles. The first-order chi connectivity index (χ1) is 10.5. The average Bonchev–Trinajstić information content (AvgIpc) is 2.45. The highest BCUT2D eigenvalue weighted by Gasteiger charge is 2.43. The number of anilines is 1. The first-order valence-corrected chi connectivity index (χ1v) is 8.97. The Morgan fingerprint density at radius 3 is 2.22 bits per heavy atom. The lowest BCUT2D eigenvalue weighted by atomic mass is 10.1. The number of nitrogens with zero attached hydrogens (tertiary/aromatic N) is 2. The van der Waals surface area contributed by atoms with Crippen molar-refractivity contribution in [2.45, 2.75) is 18.0 Å². The van der Waals surface area contributed by atoms with E-state index in [2.05, 4.69) is 0 Å². The van der Waals surface area contributed by atoms with E-state index in [4.69, 9.17) is 10.7 Å². The van der Waals surface area contributed by atoms with E-state index in [0.29, 0.717) is 5.69 Å². The van der Waals surface area contributed by atoms with Gasteiger partial charge in [0, 0.05) is 42.5 Å². The van der Waals surface area contributed by atoms with Crippen molar-refractivity contribution in [2.24, 2.45) is 0 Å². The summed E-state index contributed by atoms with van der Waals surface area (Å²) in [5.41, 5.74) is 1.34. The fraction of sp³-hybridized carbons (Fsp3) is 0.462. The molecule has 1 aromatic rings. The standard InChI is InChI=1S/C13H14ClF3N2O3S/c1-9-2-3-10(23(14,21)22)8-11(9)18-4-6-19(7-5-18)12(20)13(15,16)17/h2-3,8H,4-7H2,1H3. The molecule has 0 unspecified atom stereocenters. The van der Waals surface area contributed by atoms with E-state index in [1.807, 2.05) is 0 Å². The molecular formula is C13H14ClF3N2O3S. The summed E-state index contributed by atoms with van der Waals surface area (Å²) in [6.45, 7) is 1.93. The Kier molecular flexibility index (Phi) is 4.81. The minimum Gasteiger partial charge on any atom is -0.368 e. The molecule has 0 radical (unpaired) electrons. The van der Waals surface area contributed by atoms with Crippen LogP contribution in [0.5, 0.6) is 0 Å². The molecule has 0 bridgehead atoms. The molecule has 0 atom stereocenters. The molecule has 5 nitrogen and oxygen atoms in total. The molecule has 0 aromatic heterocycles. The number of carbonyl (C=O) groups is 1. The Morgan fingerprint density at radius 2 is 1.74 bits per heavy atom. The summed E-state index contributed by atoms with van der Waals surface area (Å²) in [6.07, 6.45) is -4.88. The fourth-order valence-electron chi connectivity index (χ4n) is 2.41. The fourth-order valence-corrected chi connectivity index (χ4v) is 3.18. The van der Waals surface area contributed by atoms with Gasteiger partial charge in [-0.3, -0.25) is 4.79 Å². The van der Waals surface area contributed by atoms with Crippen molar-refractivity contribution in [1.29, 1.82) is 0 Å². The molecule has 1 heterocycles. The lowest BCUT2D eigenvalue weighted by molar-refractivity contribution is -0.185. The highest BCUT2D eigenvalue weighted by Crippen LogP contribution is 2.27. The molecule has 128 valence electrons. The van der Waals surface area contributed by atoms with Crippen LogP contribution >= 0.6 is 10.7 Å². The largest absolute Gasteiger partial charge is 0.471 e. The van der Waals surface area contributed by atoms with Crippen molar-refractivity contribution in [3.8, 4) is 0 Å². The number of aryl methyl sites for hydroxylation is 1. The quantitative estimate of drug-likeness (QED) is 0.748. The number of carbonyl (C=O) groups excluding carboxylic acids is 1. The molecule has 0 spiro atoms. The highest BCUT2D eigenvalue weighted by molar-refractivity contribution is 8.13. The molecule has 0 N–H and O–H groups in total. The Hall–Kier alpha value is -1.48. The zero-order chi connectivity index (χ0) is 17.4. The van der Waals surface area contributed by atoms with Gasteiger partial charge >= 0.3 is 12.1 Å². The van der Waals surface area contributed by atoms with E-state index in [-0.39, 0.29) is 31.1 Å². The van der Waals surface area contributed by atoms with Crippen LogP contribution in [0.3, 0.4) is 0 Å². The Bertz CT molecular complexity index is 714.